The van der Waals surface area contributed by atoms with E-state index in [0.29, 0.717) is 11.7 Å². The van der Waals surface area contributed by atoms with Gasteiger partial charge in [0.15, 0.2) is 5.69 Å². The summed E-state index contributed by atoms with van der Waals surface area (Å²) in [5.41, 5.74) is 5.39. The van der Waals surface area contributed by atoms with E-state index in [9.17, 15) is 4.79 Å². The minimum Gasteiger partial charge on any atom is -0.336 e. The van der Waals surface area contributed by atoms with Crippen LogP contribution in [0.2, 0.25) is 0 Å². The Labute approximate surface area is 178 Å². The van der Waals surface area contributed by atoms with E-state index >= 15 is 0 Å². The molecule has 0 bridgehead atoms. The van der Waals surface area contributed by atoms with Crippen LogP contribution in [0.3, 0.4) is 0 Å². The maximum atomic E-state index is 13.4. The molecular formula is C22H30ClN5O. The summed E-state index contributed by atoms with van der Waals surface area (Å²) >= 11 is 0. The molecule has 2 aromatic rings. The Kier molecular flexibility index (Phi) is 5.95. The first-order valence-corrected chi connectivity index (χ1v) is 10.6. The number of likely N-dealkylation sites (tertiary alicyclic amines) is 1. The summed E-state index contributed by atoms with van der Waals surface area (Å²) in [6, 6.07) is 8.81. The van der Waals surface area contributed by atoms with Crippen molar-refractivity contribution < 1.29 is 4.79 Å². The fourth-order valence-corrected chi connectivity index (χ4v) is 5.03. The Balaban J connectivity index is 0.00000205. The van der Waals surface area contributed by atoms with Crippen molar-refractivity contribution in [1.82, 2.24) is 24.9 Å². The van der Waals surface area contributed by atoms with Crippen LogP contribution in [0.25, 0.3) is 5.69 Å². The van der Waals surface area contributed by atoms with Gasteiger partial charge in [0.2, 0.25) is 0 Å². The smallest absolute Gasteiger partial charge is 0.274 e. The van der Waals surface area contributed by atoms with Crippen LogP contribution < -0.4 is 5.32 Å². The van der Waals surface area contributed by atoms with Gasteiger partial charge in [-0.15, -0.1) is 12.4 Å². The highest BCUT2D eigenvalue weighted by Crippen LogP contribution is 2.30. The minimum atomic E-state index is 0. The van der Waals surface area contributed by atoms with Crippen molar-refractivity contribution in [3.8, 4) is 5.69 Å². The Morgan fingerprint density at radius 3 is 2.72 bits per heavy atom. The molecule has 2 saturated heterocycles. The zero-order valence-electron chi connectivity index (χ0n) is 17.1. The Morgan fingerprint density at radius 1 is 1.14 bits per heavy atom. The molecule has 1 aromatic heterocycles. The number of carbonyl (C=O) groups is 1. The second-order valence-electron chi connectivity index (χ2n) is 8.31. The molecule has 29 heavy (non-hydrogen) atoms. The van der Waals surface area contributed by atoms with E-state index in [1.54, 1.807) is 0 Å². The normalized spacial score (nSPS) is 21.8. The number of aromatic nitrogens is 2. The molecule has 156 valence electrons. The SMILES string of the molecule is Cc1ccccc1-n1nc(C(=O)N2CCC(N3CCNCC3)C2)c2c1CCC2.Cl. The molecule has 7 heteroatoms. The van der Waals surface area contributed by atoms with Gasteiger partial charge in [-0.1, -0.05) is 18.2 Å². The third kappa shape index (κ3) is 3.69. The van der Waals surface area contributed by atoms with E-state index in [0.717, 1.165) is 70.6 Å². The summed E-state index contributed by atoms with van der Waals surface area (Å²) in [6.45, 7) is 8.08. The molecule has 1 aromatic carbocycles. The first-order chi connectivity index (χ1) is 13.7. The first kappa shape index (κ1) is 20.4. The summed E-state index contributed by atoms with van der Waals surface area (Å²) in [5.74, 6) is 0.128. The molecule has 3 heterocycles. The van der Waals surface area contributed by atoms with Gasteiger partial charge in [-0.25, -0.2) is 4.68 Å². The zero-order valence-corrected chi connectivity index (χ0v) is 17.9. The highest BCUT2D eigenvalue weighted by Gasteiger charge is 2.35. The Morgan fingerprint density at radius 2 is 1.93 bits per heavy atom. The third-order valence-electron chi connectivity index (χ3n) is 6.60. The zero-order chi connectivity index (χ0) is 19.1. The number of amides is 1. The molecule has 1 aliphatic carbocycles. The van der Waals surface area contributed by atoms with Crippen LogP contribution in [0, 0.1) is 6.92 Å². The molecule has 1 amide bonds. The topological polar surface area (TPSA) is 53.4 Å². The quantitative estimate of drug-likeness (QED) is 0.835. The number of fused-ring (bicyclic) bond motifs is 1. The number of nitrogens with one attached hydrogen (secondary N) is 1. The predicted octanol–water partition coefficient (Wildman–Crippen LogP) is 2.21. The average molecular weight is 416 g/mol. The first-order valence-electron chi connectivity index (χ1n) is 10.6. The van der Waals surface area contributed by atoms with Gasteiger partial charge >= 0.3 is 0 Å². The van der Waals surface area contributed by atoms with Crippen LogP contribution in [0.4, 0.5) is 0 Å². The molecular weight excluding hydrogens is 386 g/mol. The van der Waals surface area contributed by atoms with Crippen molar-refractivity contribution >= 4 is 18.3 Å². The summed E-state index contributed by atoms with van der Waals surface area (Å²) in [5, 5.41) is 8.26. The Hall–Kier alpha value is -1.89. The molecule has 5 rings (SSSR count). The standard InChI is InChI=1S/C22H29N5O.ClH/c1-16-5-2-3-7-19(16)27-20-8-4-6-18(20)21(24-27)22(28)26-12-9-17(15-26)25-13-10-23-11-14-25;/h2-3,5,7,17,23H,4,6,8-15H2,1H3;1H. The fraction of sp³-hybridized carbons (Fsp3) is 0.545. The maximum absolute atomic E-state index is 13.4. The highest BCUT2D eigenvalue weighted by molar-refractivity contribution is 5.94. The van der Waals surface area contributed by atoms with E-state index in [2.05, 4.69) is 35.3 Å². The fourth-order valence-electron chi connectivity index (χ4n) is 5.03. The lowest BCUT2D eigenvalue weighted by atomic mass is 10.1. The van der Waals surface area contributed by atoms with Crippen molar-refractivity contribution in [3.05, 3.63) is 46.8 Å². The predicted molar refractivity (Wildman–Crippen MR) is 116 cm³/mol. The van der Waals surface area contributed by atoms with Crippen LogP contribution in [-0.2, 0) is 12.8 Å². The number of hydrogen-bond donors (Lipinski definition) is 1. The van der Waals surface area contributed by atoms with Gasteiger partial charge in [-0.3, -0.25) is 9.69 Å². The van der Waals surface area contributed by atoms with Crippen LogP contribution in [-0.4, -0.2) is 70.8 Å². The number of rotatable bonds is 3. The lowest BCUT2D eigenvalue weighted by molar-refractivity contribution is 0.0766. The molecule has 3 aliphatic rings. The van der Waals surface area contributed by atoms with Gasteiger partial charge in [0.05, 0.1) is 5.69 Å². The molecule has 1 unspecified atom stereocenters. The van der Waals surface area contributed by atoms with Crippen molar-refractivity contribution in [2.75, 3.05) is 39.3 Å². The van der Waals surface area contributed by atoms with Crippen LogP contribution in [0.15, 0.2) is 24.3 Å². The summed E-state index contributed by atoms with van der Waals surface area (Å²) in [6.07, 6.45) is 4.17. The number of aryl methyl sites for hydroxylation is 1. The molecule has 0 saturated carbocycles. The number of halogens is 1. The molecule has 1 atom stereocenters. The molecule has 0 spiro atoms. The van der Waals surface area contributed by atoms with Gasteiger partial charge in [-0.05, 0) is 44.2 Å². The van der Waals surface area contributed by atoms with Gasteiger partial charge in [0.25, 0.3) is 5.91 Å². The van der Waals surface area contributed by atoms with E-state index in [-0.39, 0.29) is 18.3 Å². The molecule has 6 nitrogen and oxygen atoms in total. The van der Waals surface area contributed by atoms with Crippen LogP contribution in [0.1, 0.15) is 40.2 Å². The van der Waals surface area contributed by atoms with E-state index < -0.39 is 0 Å². The number of nitrogens with zero attached hydrogens (tertiary/aromatic N) is 4. The second kappa shape index (κ2) is 8.46. The summed E-state index contributed by atoms with van der Waals surface area (Å²) in [4.78, 5) is 18.0. The monoisotopic (exact) mass is 415 g/mol. The number of hydrogen-bond acceptors (Lipinski definition) is 4. The van der Waals surface area contributed by atoms with Gasteiger partial charge in [0, 0.05) is 56.6 Å². The third-order valence-corrected chi connectivity index (χ3v) is 6.60. The van der Waals surface area contributed by atoms with Crippen molar-refractivity contribution in [2.24, 2.45) is 0 Å². The maximum Gasteiger partial charge on any atom is 0.274 e. The number of piperazine rings is 1. The van der Waals surface area contributed by atoms with E-state index in [1.165, 1.54) is 16.8 Å². The lowest BCUT2D eigenvalue weighted by Gasteiger charge is -2.32. The van der Waals surface area contributed by atoms with Crippen molar-refractivity contribution in [3.63, 3.8) is 0 Å². The number of carbonyl (C=O) groups excluding carboxylic acids is 1. The summed E-state index contributed by atoms with van der Waals surface area (Å²) < 4.78 is 2.04. The largest absolute Gasteiger partial charge is 0.336 e. The Bertz CT molecular complexity index is 889. The van der Waals surface area contributed by atoms with Crippen molar-refractivity contribution in [1.29, 1.82) is 0 Å². The van der Waals surface area contributed by atoms with Gasteiger partial charge < -0.3 is 10.2 Å². The second-order valence-corrected chi connectivity index (χ2v) is 8.31. The lowest BCUT2D eigenvalue weighted by Crippen LogP contribution is -2.49. The van der Waals surface area contributed by atoms with Crippen LogP contribution >= 0.6 is 12.4 Å². The molecule has 0 radical (unpaired) electrons. The summed E-state index contributed by atoms with van der Waals surface area (Å²) in [7, 11) is 0. The molecule has 2 fully saturated rings. The van der Waals surface area contributed by atoms with E-state index in [4.69, 9.17) is 5.10 Å². The number of benzene rings is 1. The molecule has 1 N–H and O–H groups in total. The number of para-hydroxylation sites is 1. The average Bonchev–Trinajstić information content (AvgIpc) is 3.45. The van der Waals surface area contributed by atoms with Gasteiger partial charge in [-0.2, -0.15) is 5.10 Å². The van der Waals surface area contributed by atoms with Gasteiger partial charge in [0.1, 0.15) is 0 Å². The highest BCUT2D eigenvalue weighted by atomic mass is 35.5. The molecule has 2 aliphatic heterocycles. The van der Waals surface area contributed by atoms with E-state index in [1.807, 2.05) is 15.6 Å². The van der Waals surface area contributed by atoms with Crippen molar-refractivity contribution in [2.45, 2.75) is 38.6 Å². The minimum absolute atomic E-state index is 0. The van der Waals surface area contributed by atoms with Crippen LogP contribution in [0.5, 0.6) is 0 Å².